The van der Waals surface area contributed by atoms with E-state index < -0.39 is 17.7 Å². The van der Waals surface area contributed by atoms with Crippen molar-refractivity contribution < 1.29 is 33.3 Å². The van der Waals surface area contributed by atoms with Gasteiger partial charge in [0.15, 0.2) is 0 Å². The van der Waals surface area contributed by atoms with Gasteiger partial charge in [-0.15, -0.1) is 0 Å². The standard InChI is InChI=1S/C43H61N5O7.C5H12N2.C2H6/c1-10-48-37-14-11-29(33-21-38(33)53-25-30(24-49)45-41(51)55-42(4,5)6)19-34(37)36(22-43(7,8)26-54-28(3)50)40(48)35-20-32(23-44-39(35)27(2)52-9)47-17-15-46(16-18-47)31-12-13-31;1-7-5-3-2-4-6-7;1-2/h11,14,19-20,23-24,27,30-31,33,38H,10,12-13,15-18,21-22,25-26H2,1-9H3,(H,45,51);6H,2-5H2,1H3;1-2H3. The van der Waals surface area contributed by atoms with Gasteiger partial charge in [0, 0.05) is 101 Å². The number of ether oxygens (including phenoxy) is 4. The fourth-order valence-corrected chi connectivity index (χ4v) is 8.69. The van der Waals surface area contributed by atoms with Gasteiger partial charge in [0.05, 0.1) is 48.7 Å². The molecule has 14 heteroatoms. The average Bonchev–Trinajstić information content (AvgIpc) is 4.22. The Morgan fingerprint density at radius 3 is 2.31 bits per heavy atom. The number of nitrogens with one attached hydrogen (secondary N) is 2. The van der Waals surface area contributed by atoms with Crippen LogP contribution in [0.15, 0.2) is 30.5 Å². The number of nitrogens with zero attached hydrogens (tertiary/aromatic N) is 5. The van der Waals surface area contributed by atoms with E-state index in [9.17, 15) is 14.4 Å². The van der Waals surface area contributed by atoms with Gasteiger partial charge in [-0.2, -0.15) is 0 Å². The number of esters is 1. The number of amides is 1. The van der Waals surface area contributed by atoms with Crippen LogP contribution in [0.4, 0.5) is 10.5 Å². The molecule has 4 atom stereocenters. The van der Waals surface area contributed by atoms with E-state index in [4.69, 9.17) is 23.9 Å². The molecule has 64 heavy (non-hydrogen) atoms. The molecule has 356 valence electrons. The molecule has 4 heterocycles. The van der Waals surface area contributed by atoms with Gasteiger partial charge in [0.25, 0.3) is 0 Å². The minimum absolute atomic E-state index is 0.0670. The first-order valence-electron chi connectivity index (χ1n) is 23.8. The first-order valence-corrected chi connectivity index (χ1v) is 23.8. The number of rotatable bonds is 16. The van der Waals surface area contributed by atoms with Crippen LogP contribution in [-0.4, -0.2) is 128 Å². The smallest absolute Gasteiger partial charge is 0.408 e. The Balaban J connectivity index is 0.000000771. The molecule has 1 aromatic carbocycles. The predicted octanol–water partition coefficient (Wildman–Crippen LogP) is 8.05. The van der Waals surface area contributed by atoms with E-state index in [1.165, 1.54) is 44.7 Å². The maximum atomic E-state index is 12.3. The monoisotopic (exact) mass is 890 g/mol. The summed E-state index contributed by atoms with van der Waals surface area (Å²) in [6.07, 6.45) is 8.53. The number of aldehydes is 1. The Morgan fingerprint density at radius 1 is 1.03 bits per heavy atom. The lowest BCUT2D eigenvalue weighted by molar-refractivity contribution is -0.143. The minimum atomic E-state index is -0.805. The van der Waals surface area contributed by atoms with Crippen molar-refractivity contribution in [2.45, 2.75) is 150 Å². The Morgan fingerprint density at radius 2 is 1.75 bits per heavy atom. The lowest BCUT2D eigenvalue weighted by atomic mass is 9.84. The Kier molecular flexibility index (Phi) is 18.2. The number of carbonyl (C=O) groups is 3. The molecule has 3 aromatic rings. The summed E-state index contributed by atoms with van der Waals surface area (Å²) in [6, 6.07) is 8.95. The van der Waals surface area contributed by atoms with E-state index in [2.05, 4.69) is 82.2 Å². The maximum absolute atomic E-state index is 12.3. The highest BCUT2D eigenvalue weighted by atomic mass is 16.6. The van der Waals surface area contributed by atoms with Crippen molar-refractivity contribution in [1.29, 1.82) is 0 Å². The van der Waals surface area contributed by atoms with Gasteiger partial charge in [-0.25, -0.2) is 9.80 Å². The topological polar surface area (TPSA) is 140 Å². The predicted molar refractivity (Wildman–Crippen MR) is 255 cm³/mol. The number of fused-ring (bicyclic) bond motifs is 1. The van der Waals surface area contributed by atoms with Crippen LogP contribution in [0.1, 0.15) is 130 Å². The Labute approximate surface area is 383 Å². The zero-order valence-electron chi connectivity index (χ0n) is 41.1. The number of hydrazine groups is 1. The summed E-state index contributed by atoms with van der Waals surface area (Å²) in [4.78, 5) is 46.2. The number of anilines is 1. The maximum Gasteiger partial charge on any atom is 0.408 e. The molecule has 4 fully saturated rings. The van der Waals surface area contributed by atoms with Crippen molar-refractivity contribution in [2.24, 2.45) is 5.41 Å². The van der Waals surface area contributed by atoms with Crippen molar-refractivity contribution in [3.05, 3.63) is 47.3 Å². The van der Waals surface area contributed by atoms with E-state index >= 15 is 0 Å². The highest BCUT2D eigenvalue weighted by molar-refractivity contribution is 5.93. The third kappa shape index (κ3) is 14.0. The van der Waals surface area contributed by atoms with Crippen molar-refractivity contribution in [2.75, 3.05) is 71.5 Å². The minimum Gasteiger partial charge on any atom is -0.465 e. The number of methoxy groups -OCH3 is 1. The largest absolute Gasteiger partial charge is 0.465 e. The summed E-state index contributed by atoms with van der Waals surface area (Å²) >= 11 is 0. The second-order valence-corrected chi connectivity index (χ2v) is 19.4. The number of hydrogen-bond donors (Lipinski definition) is 2. The van der Waals surface area contributed by atoms with Gasteiger partial charge >= 0.3 is 12.1 Å². The van der Waals surface area contributed by atoms with Gasteiger partial charge in [-0.05, 0) is 102 Å². The molecule has 1 amide bonds. The van der Waals surface area contributed by atoms with Crippen LogP contribution in [0.25, 0.3) is 22.2 Å². The molecule has 2 aromatic heterocycles. The molecule has 2 aliphatic carbocycles. The Bertz CT molecular complexity index is 1990. The van der Waals surface area contributed by atoms with Gasteiger partial charge in [-0.1, -0.05) is 33.8 Å². The van der Waals surface area contributed by atoms with E-state index in [-0.39, 0.29) is 36.1 Å². The Hall–Kier alpha value is -4.08. The highest BCUT2D eigenvalue weighted by Gasteiger charge is 2.41. The SMILES string of the molecule is CC.CCn1c(-c2cc(N3CCN(C4CC4)CC3)cnc2C(C)OC)c(CC(C)(C)COC(C)=O)c2cc(C3CC3OCC(C=O)NC(=O)OC(C)(C)C)ccc21.CN1CCCCN1. The summed E-state index contributed by atoms with van der Waals surface area (Å²) in [6.45, 7) is 26.8. The lowest BCUT2D eigenvalue weighted by Gasteiger charge is -2.36. The van der Waals surface area contributed by atoms with Gasteiger partial charge in [0.1, 0.15) is 17.9 Å². The highest BCUT2D eigenvalue weighted by Crippen LogP contribution is 2.47. The zero-order chi connectivity index (χ0) is 46.8. The van der Waals surface area contributed by atoms with Crippen LogP contribution in [0.5, 0.6) is 0 Å². The molecule has 4 unspecified atom stereocenters. The number of alkyl carbamates (subject to hydrolysis) is 1. The molecule has 2 saturated heterocycles. The molecule has 7 rings (SSSR count). The van der Waals surface area contributed by atoms with Crippen LogP contribution < -0.4 is 15.6 Å². The number of hydrogen-bond acceptors (Lipinski definition) is 12. The van der Waals surface area contributed by atoms with Crippen LogP contribution in [0.3, 0.4) is 0 Å². The molecule has 2 aliphatic heterocycles. The molecule has 14 nitrogen and oxygen atoms in total. The molecular weight excluding hydrogens is 811 g/mol. The number of aryl methyl sites for hydroxylation is 1. The zero-order valence-corrected chi connectivity index (χ0v) is 41.1. The second-order valence-electron chi connectivity index (χ2n) is 19.4. The molecule has 0 bridgehead atoms. The average molecular weight is 890 g/mol. The van der Waals surface area contributed by atoms with E-state index in [1.54, 1.807) is 27.9 Å². The van der Waals surface area contributed by atoms with Gasteiger partial charge < -0.3 is 38.5 Å². The van der Waals surface area contributed by atoms with Crippen LogP contribution in [-0.2, 0) is 41.5 Å². The van der Waals surface area contributed by atoms with Gasteiger partial charge in [-0.3, -0.25) is 20.1 Å². The number of aromatic nitrogens is 2. The quantitative estimate of drug-likeness (QED) is 0.106. The van der Waals surface area contributed by atoms with Crippen molar-refractivity contribution in [1.82, 2.24) is 30.2 Å². The summed E-state index contributed by atoms with van der Waals surface area (Å²) in [5.41, 5.74) is 9.81. The number of pyridine rings is 1. The third-order valence-corrected chi connectivity index (χ3v) is 12.3. The molecule has 2 saturated carbocycles. The first kappa shape index (κ1) is 50.9. The van der Waals surface area contributed by atoms with E-state index in [0.29, 0.717) is 19.3 Å². The molecular formula is C50H79N7O7. The number of piperazine rings is 1. The third-order valence-electron chi connectivity index (χ3n) is 12.3. The molecule has 4 aliphatic rings. The van der Waals surface area contributed by atoms with Crippen molar-refractivity contribution in [3.63, 3.8) is 0 Å². The second kappa shape index (κ2) is 22.9. The van der Waals surface area contributed by atoms with Crippen molar-refractivity contribution >= 4 is 34.9 Å². The lowest BCUT2D eigenvalue weighted by Crippen LogP contribution is -2.47. The van der Waals surface area contributed by atoms with E-state index in [1.807, 2.05) is 27.0 Å². The fourth-order valence-electron chi connectivity index (χ4n) is 8.69. The molecule has 0 spiro atoms. The molecule has 2 N–H and O–H groups in total. The van der Waals surface area contributed by atoms with Crippen molar-refractivity contribution in [3.8, 4) is 11.3 Å². The van der Waals surface area contributed by atoms with Crippen LogP contribution in [0.2, 0.25) is 0 Å². The molecule has 0 radical (unpaired) electrons. The normalized spacial score (nSPS) is 20.3. The summed E-state index contributed by atoms with van der Waals surface area (Å²) in [7, 11) is 3.81. The summed E-state index contributed by atoms with van der Waals surface area (Å²) in [5, 5.41) is 5.89. The van der Waals surface area contributed by atoms with Gasteiger partial charge in [0.2, 0.25) is 0 Å². The first-order chi connectivity index (χ1) is 30.5. The van der Waals surface area contributed by atoms with E-state index in [0.717, 1.165) is 90.8 Å². The summed E-state index contributed by atoms with van der Waals surface area (Å²) < 4.78 is 25.4. The number of carbonyl (C=O) groups excluding carboxylic acids is 3. The van der Waals surface area contributed by atoms with Crippen LogP contribution >= 0.6 is 0 Å². The number of benzene rings is 1. The van der Waals surface area contributed by atoms with Crippen LogP contribution in [0, 0.1) is 5.41 Å². The fraction of sp³-hybridized carbons (Fsp3) is 0.680. The summed E-state index contributed by atoms with van der Waals surface area (Å²) in [5.74, 6) is -0.142.